The lowest BCUT2D eigenvalue weighted by Gasteiger charge is -2.19. The van der Waals surface area contributed by atoms with E-state index in [2.05, 4.69) is 31.9 Å². The van der Waals surface area contributed by atoms with Gasteiger partial charge in [0, 0.05) is 6.42 Å². The monoisotopic (exact) mass is 497 g/mol. The molecule has 2 unspecified atom stereocenters. The molecule has 0 amide bonds. The summed E-state index contributed by atoms with van der Waals surface area (Å²) in [6.45, 7) is 3.93. The second-order valence-corrected chi connectivity index (χ2v) is 7.44. The average molecular weight is 500 g/mol. The zero-order chi connectivity index (χ0) is 15.6. The van der Waals surface area contributed by atoms with Crippen molar-refractivity contribution < 1.29 is 35.9 Å². The number of carbonyl (C=O) groups is 2. The standard InChI is InChI=1S/C15H18Br2NO3.BrH/c1-3-4-10-6-15(2,21-14(10)20)13(19)9-18-7-11(16)5-12(17)8-18;/h5,7-8,10H,3-4,6,9H2,1-2H3;1H/q+1;/p-1. The van der Waals surface area contributed by atoms with Crippen LogP contribution in [0.2, 0.25) is 0 Å². The maximum Gasteiger partial charge on any atom is 0.310 e. The number of pyridine rings is 1. The van der Waals surface area contributed by atoms with Crippen LogP contribution in [-0.2, 0) is 20.9 Å². The molecule has 1 aliphatic heterocycles. The van der Waals surface area contributed by atoms with Gasteiger partial charge in [-0.25, -0.2) is 0 Å². The van der Waals surface area contributed by atoms with E-state index in [1.807, 2.05) is 25.4 Å². The van der Waals surface area contributed by atoms with Gasteiger partial charge in [-0.2, -0.15) is 4.57 Å². The molecule has 0 aromatic carbocycles. The van der Waals surface area contributed by atoms with Gasteiger partial charge in [-0.1, -0.05) is 13.3 Å². The first-order valence-electron chi connectivity index (χ1n) is 6.95. The molecule has 1 saturated heterocycles. The van der Waals surface area contributed by atoms with Crippen molar-refractivity contribution in [2.75, 3.05) is 0 Å². The lowest BCUT2D eigenvalue weighted by atomic mass is 9.89. The molecule has 0 N–H and O–H groups in total. The van der Waals surface area contributed by atoms with Gasteiger partial charge < -0.3 is 21.7 Å². The fourth-order valence-corrected chi connectivity index (χ4v) is 3.95. The molecule has 2 heterocycles. The number of ketones is 1. The van der Waals surface area contributed by atoms with Crippen molar-refractivity contribution in [1.29, 1.82) is 0 Å². The molecular formula is C15H18Br3NO3. The summed E-state index contributed by atoms with van der Waals surface area (Å²) in [4.78, 5) is 24.4. The number of ether oxygens (including phenoxy) is 1. The van der Waals surface area contributed by atoms with Gasteiger partial charge in [0.05, 0.1) is 14.9 Å². The third-order valence-corrected chi connectivity index (χ3v) is 4.57. The first-order valence-corrected chi connectivity index (χ1v) is 8.54. The predicted octanol–water partition coefficient (Wildman–Crippen LogP) is 0.194. The molecule has 122 valence electrons. The smallest absolute Gasteiger partial charge is 0.310 e. The summed E-state index contributed by atoms with van der Waals surface area (Å²) in [6.07, 6.45) is 5.82. The maximum atomic E-state index is 12.5. The molecule has 0 spiro atoms. The number of hydrogen-bond donors (Lipinski definition) is 0. The van der Waals surface area contributed by atoms with Crippen LogP contribution in [0, 0.1) is 5.92 Å². The van der Waals surface area contributed by atoms with E-state index in [0.717, 1.165) is 21.8 Å². The molecule has 1 aliphatic rings. The van der Waals surface area contributed by atoms with Crippen molar-refractivity contribution in [2.45, 2.75) is 45.3 Å². The Bertz CT molecular complexity index is 559. The van der Waals surface area contributed by atoms with Gasteiger partial charge >= 0.3 is 5.97 Å². The summed E-state index contributed by atoms with van der Waals surface area (Å²) >= 11 is 6.78. The largest absolute Gasteiger partial charge is 1.00 e. The minimum atomic E-state index is -1.00. The Morgan fingerprint density at radius 2 is 2.00 bits per heavy atom. The van der Waals surface area contributed by atoms with Crippen LogP contribution in [0.15, 0.2) is 27.4 Å². The molecule has 1 fully saturated rings. The van der Waals surface area contributed by atoms with Crippen LogP contribution < -0.4 is 21.5 Å². The van der Waals surface area contributed by atoms with Crippen molar-refractivity contribution in [3.63, 3.8) is 0 Å². The fourth-order valence-electron chi connectivity index (χ4n) is 2.62. The molecule has 0 radical (unpaired) electrons. The van der Waals surface area contributed by atoms with Crippen LogP contribution in [0.25, 0.3) is 0 Å². The highest BCUT2D eigenvalue weighted by molar-refractivity contribution is 9.11. The molecule has 1 aromatic rings. The fraction of sp³-hybridized carbons (Fsp3) is 0.533. The zero-order valence-electron chi connectivity index (χ0n) is 12.4. The first kappa shape index (κ1) is 19.8. The van der Waals surface area contributed by atoms with Gasteiger partial charge in [-0.05, 0) is 51.3 Å². The molecule has 4 nitrogen and oxygen atoms in total. The third kappa shape index (κ3) is 4.61. The number of halogens is 3. The van der Waals surface area contributed by atoms with Crippen molar-refractivity contribution in [1.82, 2.24) is 0 Å². The predicted molar refractivity (Wildman–Crippen MR) is 84.6 cm³/mol. The van der Waals surface area contributed by atoms with Crippen LogP contribution in [-0.4, -0.2) is 17.4 Å². The maximum absolute atomic E-state index is 12.5. The van der Waals surface area contributed by atoms with Crippen molar-refractivity contribution >= 4 is 43.6 Å². The van der Waals surface area contributed by atoms with Crippen LogP contribution in [0.1, 0.15) is 33.1 Å². The van der Waals surface area contributed by atoms with Gasteiger partial charge in [0.2, 0.25) is 12.3 Å². The summed E-state index contributed by atoms with van der Waals surface area (Å²) in [5, 5.41) is 0. The summed E-state index contributed by atoms with van der Waals surface area (Å²) < 4.78 is 8.92. The van der Waals surface area contributed by atoms with E-state index in [1.54, 1.807) is 11.5 Å². The first-order chi connectivity index (χ1) is 9.84. The lowest BCUT2D eigenvalue weighted by molar-refractivity contribution is -0.685. The van der Waals surface area contributed by atoms with Crippen LogP contribution in [0.4, 0.5) is 0 Å². The molecule has 7 heteroatoms. The Balaban J connectivity index is 0.00000242. The second-order valence-electron chi connectivity index (χ2n) is 5.61. The number of rotatable bonds is 5. The summed E-state index contributed by atoms with van der Waals surface area (Å²) in [5.74, 6) is -0.472. The number of nitrogens with zero attached hydrogens (tertiary/aromatic N) is 1. The molecule has 1 aromatic heterocycles. The van der Waals surface area contributed by atoms with Gasteiger partial charge in [0.25, 0.3) is 0 Å². The average Bonchev–Trinajstić information content (AvgIpc) is 2.65. The normalized spacial score (nSPS) is 23.8. The summed E-state index contributed by atoms with van der Waals surface area (Å²) in [6, 6.07) is 1.90. The van der Waals surface area contributed by atoms with E-state index < -0.39 is 5.60 Å². The van der Waals surface area contributed by atoms with Crippen LogP contribution in [0.3, 0.4) is 0 Å². The minimum absolute atomic E-state index is 0. The quantitative estimate of drug-likeness (QED) is 0.429. The number of aromatic nitrogens is 1. The number of cyclic esters (lactones) is 1. The van der Waals surface area contributed by atoms with E-state index in [-0.39, 0.29) is 41.2 Å². The van der Waals surface area contributed by atoms with Gasteiger partial charge in [-0.3, -0.25) is 9.59 Å². The number of esters is 1. The van der Waals surface area contributed by atoms with E-state index in [9.17, 15) is 9.59 Å². The van der Waals surface area contributed by atoms with Crippen molar-refractivity contribution in [3.8, 4) is 0 Å². The van der Waals surface area contributed by atoms with Gasteiger partial charge in [-0.15, -0.1) is 0 Å². The molecule has 22 heavy (non-hydrogen) atoms. The highest BCUT2D eigenvalue weighted by Crippen LogP contribution is 2.34. The van der Waals surface area contributed by atoms with Gasteiger partial charge in [0.15, 0.2) is 18.0 Å². The van der Waals surface area contributed by atoms with E-state index >= 15 is 0 Å². The summed E-state index contributed by atoms with van der Waals surface area (Å²) in [5.41, 5.74) is -1.00. The lowest BCUT2D eigenvalue weighted by Crippen LogP contribution is -3.00. The third-order valence-electron chi connectivity index (χ3n) is 3.70. The van der Waals surface area contributed by atoms with Crippen molar-refractivity contribution in [3.05, 3.63) is 27.4 Å². The van der Waals surface area contributed by atoms with Gasteiger partial charge in [0.1, 0.15) is 0 Å². The summed E-state index contributed by atoms with van der Waals surface area (Å²) in [7, 11) is 0. The van der Waals surface area contributed by atoms with Crippen LogP contribution in [0.5, 0.6) is 0 Å². The van der Waals surface area contributed by atoms with E-state index in [0.29, 0.717) is 6.42 Å². The number of hydrogen-bond acceptors (Lipinski definition) is 3. The minimum Gasteiger partial charge on any atom is -1.00 e. The highest BCUT2D eigenvalue weighted by Gasteiger charge is 2.49. The Kier molecular flexibility index (Phi) is 7.20. The molecule has 2 atom stereocenters. The Morgan fingerprint density at radius 1 is 1.41 bits per heavy atom. The van der Waals surface area contributed by atoms with Crippen molar-refractivity contribution in [2.24, 2.45) is 5.92 Å². The molecule has 0 bridgehead atoms. The molecular weight excluding hydrogens is 482 g/mol. The molecule has 0 aliphatic carbocycles. The topological polar surface area (TPSA) is 47.2 Å². The SMILES string of the molecule is CCCC1CC(C)(C(=O)C[n+]2cc(Br)cc(Br)c2)OC1=O.[Br-]. The van der Waals surface area contributed by atoms with E-state index in [4.69, 9.17) is 4.74 Å². The Morgan fingerprint density at radius 3 is 2.55 bits per heavy atom. The number of carbonyl (C=O) groups excluding carboxylic acids is 2. The highest BCUT2D eigenvalue weighted by atomic mass is 79.9. The Labute approximate surface area is 157 Å². The molecule has 2 rings (SSSR count). The van der Waals surface area contributed by atoms with E-state index in [1.165, 1.54) is 0 Å². The second kappa shape index (κ2) is 8.02. The zero-order valence-corrected chi connectivity index (χ0v) is 17.2. The Hall–Kier alpha value is -0.270. The van der Waals surface area contributed by atoms with Crippen LogP contribution >= 0.6 is 31.9 Å². The molecule has 0 saturated carbocycles. The number of Topliss-reactive ketones (excluding diaryl/α,β-unsaturated/α-hetero) is 1.